The first-order chi connectivity index (χ1) is 58.8. The van der Waals surface area contributed by atoms with Gasteiger partial charge in [-0.15, -0.1) is 0 Å². The number of unbranched alkanes of at least 4 members (excludes halogenated alkanes) is 2. The Hall–Kier alpha value is -10.6. The fraction of sp³-hybridized carbons (Fsp3) is 0.533. The molecule has 0 aliphatic carbocycles. The van der Waals surface area contributed by atoms with Crippen LogP contribution in [0.25, 0.3) is 0 Å². The van der Waals surface area contributed by atoms with Gasteiger partial charge in [0.25, 0.3) is 0 Å². The van der Waals surface area contributed by atoms with Gasteiger partial charge in [-0.1, -0.05) is 121 Å². The molecule has 5 aromatic rings. The lowest BCUT2D eigenvalue weighted by atomic mass is 10.0. The zero-order chi connectivity index (χ0) is 90.5. The van der Waals surface area contributed by atoms with Gasteiger partial charge in [-0.2, -0.15) is 0 Å². The second-order valence-corrected chi connectivity index (χ2v) is 27.8. The first-order valence-electron chi connectivity index (χ1n) is 40.7. The average Bonchev–Trinajstić information content (AvgIpc) is 0.881. The Morgan fingerprint density at radius 2 is 0.418 bits per heavy atom. The number of hydrogen-bond donors (Lipinski definition) is 4. The van der Waals surface area contributed by atoms with Gasteiger partial charge in [-0.05, 0) is 94.2 Å². The number of nitrogens with zero attached hydrogens (tertiary/aromatic N) is 4. The number of methoxy groups -OCH3 is 12. The van der Waals surface area contributed by atoms with Crippen LogP contribution in [0.2, 0.25) is 0 Å². The van der Waals surface area contributed by atoms with Crippen molar-refractivity contribution < 1.29 is 114 Å². The molecule has 0 aliphatic rings. The Kier molecular flexibility index (Phi) is 62.8. The van der Waals surface area contributed by atoms with E-state index in [1.54, 1.807) is 0 Å². The molecule has 6 N–H and O–H groups in total. The summed E-state index contributed by atoms with van der Waals surface area (Å²) in [4.78, 5) is 144. The minimum atomic E-state index is -0.316. The van der Waals surface area contributed by atoms with Crippen LogP contribution in [-0.2, 0) is 180 Å². The zero-order valence-corrected chi connectivity index (χ0v) is 73.7. The average molecular weight is 1710 g/mol. The molecular weight excluding hydrogens is 1580 g/mol. The van der Waals surface area contributed by atoms with Crippen molar-refractivity contribution in [1.82, 2.24) is 30.2 Å². The monoisotopic (exact) mass is 1710 g/mol. The van der Waals surface area contributed by atoms with E-state index >= 15 is 0 Å². The Bertz CT molecular complexity index is 3660. The normalized spacial score (nSPS) is 10.5. The molecule has 0 amide bonds. The van der Waals surface area contributed by atoms with Gasteiger partial charge in [0.2, 0.25) is 0 Å². The first-order valence-corrected chi connectivity index (χ1v) is 40.7. The van der Waals surface area contributed by atoms with Gasteiger partial charge in [0.05, 0.1) is 150 Å². The molecule has 0 bridgehead atoms. The lowest BCUT2D eigenvalue weighted by molar-refractivity contribution is -0.143. The predicted octanol–water partition coefficient (Wildman–Crippen LogP) is 8.14. The van der Waals surface area contributed by atoms with Crippen LogP contribution in [0.3, 0.4) is 0 Å². The summed E-state index contributed by atoms with van der Waals surface area (Å²) in [5.74, 6) is -3.09. The third-order valence-corrected chi connectivity index (χ3v) is 18.7. The number of carbonyl (C=O) groups is 12. The standard InChI is InChI=1S/C24H36N2O8.C20H30N2O6.C17H25NO4.C16H24N2O4.C13H19NO2/c1-31-21(27)8-12-25(13-9-22(28)32-2)17-19-6-5-7-20(16-19)18-26(14-10-23(29)33-3)15-11-24(30)34-4;1-26-18(23)7-10-21-14-16-5-4-6-17(13-16)15-22(11-8-19(24)27-2)12-9-20(25)28-3;1-21-16(19)9-4-3-6-14-7-5-8-15(12-14)13-18-11-10-17(20)22-2;1-21-15(19)6-8-18(9-7-16(20)22-2)12-14-5-3-4-13(10-14)11-17;1-16-13(15)8-3-2-5-11-6-4-7-12(9-11)10-14/h5-7,16H,8-15,17-18H2,1-4H3;4-6,13,21H,7-12,14-15H2,1-3H3;5,7-8,12,18H,3-4,6,9-11,13H2,1-2H3;3-5,10H,6-9,11-12,17H2,1-2H3;4,6-7,9H,2-3,5,8,10,14H2,1H3. The SMILES string of the molecule is COC(=O)CCCCc1cccc(CN)c1.COC(=O)CCCCc1cccc(CNCCC(=O)OC)c1.COC(=O)CCN(CCC(=O)OC)Cc1cccc(CN(CCC(=O)OC)CCC(=O)OC)c1.COC(=O)CCN(CCC(=O)OC)Cc1cccc(CN)c1.COC(=O)CCNCc1cccc(CN(CCC(=O)OC)CCC(=O)OC)c1. The van der Waals surface area contributed by atoms with Crippen molar-refractivity contribution >= 4 is 71.6 Å². The van der Waals surface area contributed by atoms with Gasteiger partial charge in [0, 0.05) is 131 Å². The van der Waals surface area contributed by atoms with Crippen molar-refractivity contribution in [2.75, 3.05) is 151 Å². The Balaban J connectivity index is 0.000000778. The summed E-state index contributed by atoms with van der Waals surface area (Å²) < 4.78 is 56.0. The van der Waals surface area contributed by atoms with E-state index in [4.69, 9.17) is 39.9 Å². The molecule has 0 radical (unpaired) electrons. The predicted molar refractivity (Wildman–Crippen MR) is 458 cm³/mol. The van der Waals surface area contributed by atoms with Crippen LogP contribution in [0.15, 0.2) is 121 Å². The highest BCUT2D eigenvalue weighted by Crippen LogP contribution is 2.18. The molecule has 0 unspecified atom stereocenters. The zero-order valence-electron chi connectivity index (χ0n) is 73.7. The van der Waals surface area contributed by atoms with E-state index in [1.165, 1.54) is 102 Å². The van der Waals surface area contributed by atoms with E-state index in [9.17, 15) is 57.5 Å². The van der Waals surface area contributed by atoms with E-state index in [2.05, 4.69) is 75.5 Å². The molecule has 678 valence electrons. The second-order valence-electron chi connectivity index (χ2n) is 27.8. The van der Waals surface area contributed by atoms with Crippen LogP contribution >= 0.6 is 0 Å². The van der Waals surface area contributed by atoms with Crippen LogP contribution in [0.4, 0.5) is 0 Å². The van der Waals surface area contributed by atoms with Crippen LogP contribution in [0, 0.1) is 0 Å². The molecule has 5 aromatic carbocycles. The molecule has 5 rings (SSSR count). The fourth-order valence-corrected chi connectivity index (χ4v) is 11.7. The molecular formula is C90H134N8O24. The van der Waals surface area contributed by atoms with Gasteiger partial charge in [-0.3, -0.25) is 77.1 Å². The Morgan fingerprint density at radius 3 is 0.656 bits per heavy atom. The molecule has 122 heavy (non-hydrogen) atoms. The molecule has 0 spiro atoms. The van der Waals surface area contributed by atoms with E-state index < -0.39 is 0 Å². The molecule has 0 atom stereocenters. The summed E-state index contributed by atoms with van der Waals surface area (Å²) in [6.07, 6.45) is 9.26. The van der Waals surface area contributed by atoms with Crippen molar-refractivity contribution in [1.29, 1.82) is 0 Å². The van der Waals surface area contributed by atoms with Gasteiger partial charge >= 0.3 is 71.6 Å². The number of benzene rings is 5. The number of ether oxygens (including phenoxy) is 12. The quantitative estimate of drug-likeness (QED) is 0.0162. The smallest absolute Gasteiger partial charge is 0.306 e. The molecule has 32 nitrogen and oxygen atoms in total. The highest BCUT2D eigenvalue weighted by Gasteiger charge is 2.19. The van der Waals surface area contributed by atoms with Gasteiger partial charge < -0.3 is 78.9 Å². The maximum Gasteiger partial charge on any atom is 0.306 e. The maximum absolute atomic E-state index is 11.6. The number of carbonyl (C=O) groups excluding carboxylic acids is 12. The third kappa shape index (κ3) is 56.1. The topological polar surface area (TPSA) is 405 Å². The summed E-state index contributed by atoms with van der Waals surface area (Å²) in [6, 6.07) is 40.5. The summed E-state index contributed by atoms with van der Waals surface area (Å²) in [5, 5.41) is 6.43. The molecule has 0 heterocycles. The van der Waals surface area contributed by atoms with E-state index in [0.29, 0.717) is 137 Å². The number of nitrogens with two attached hydrogens (primary N) is 2. The van der Waals surface area contributed by atoms with E-state index in [0.717, 1.165) is 84.0 Å². The molecule has 0 aromatic heterocycles. The number of esters is 12. The largest absolute Gasteiger partial charge is 0.469 e. The fourth-order valence-electron chi connectivity index (χ4n) is 11.7. The molecule has 32 heteroatoms. The summed E-state index contributed by atoms with van der Waals surface area (Å²) in [7, 11) is 16.4. The van der Waals surface area contributed by atoms with E-state index in [1.807, 2.05) is 105 Å². The van der Waals surface area contributed by atoms with Crippen molar-refractivity contribution in [3.8, 4) is 0 Å². The lowest BCUT2D eigenvalue weighted by Crippen LogP contribution is -2.30. The van der Waals surface area contributed by atoms with Crippen molar-refractivity contribution in [2.45, 2.75) is 168 Å². The van der Waals surface area contributed by atoms with Gasteiger partial charge in [0.1, 0.15) is 0 Å². The second kappa shape index (κ2) is 70.0. The Morgan fingerprint density at radius 1 is 0.238 bits per heavy atom. The first kappa shape index (κ1) is 109. The van der Waals surface area contributed by atoms with Crippen molar-refractivity contribution in [2.24, 2.45) is 11.5 Å². The van der Waals surface area contributed by atoms with Crippen LogP contribution in [0.5, 0.6) is 0 Å². The molecule has 0 aliphatic heterocycles. The highest BCUT2D eigenvalue weighted by atomic mass is 16.6. The van der Waals surface area contributed by atoms with Crippen molar-refractivity contribution in [3.63, 3.8) is 0 Å². The summed E-state index contributed by atoms with van der Waals surface area (Å²) in [5.41, 5.74) is 22.4. The van der Waals surface area contributed by atoms with Crippen LogP contribution in [-0.4, -0.2) is 242 Å². The van der Waals surface area contributed by atoms with Crippen molar-refractivity contribution in [3.05, 3.63) is 177 Å². The number of nitrogens with one attached hydrogen (secondary N) is 2. The van der Waals surface area contributed by atoms with E-state index in [-0.39, 0.29) is 123 Å². The summed E-state index contributed by atoms with van der Waals surface area (Å²) in [6.45, 7) is 9.69. The molecule has 0 saturated carbocycles. The lowest BCUT2D eigenvalue weighted by Gasteiger charge is -2.23. The number of rotatable bonds is 54. The molecule has 0 fully saturated rings. The van der Waals surface area contributed by atoms with Crippen LogP contribution < -0.4 is 22.1 Å². The highest BCUT2D eigenvalue weighted by molar-refractivity contribution is 5.73. The minimum absolute atomic E-state index is 0.129. The Labute approximate surface area is 720 Å². The third-order valence-electron chi connectivity index (χ3n) is 18.7. The van der Waals surface area contributed by atoms with Gasteiger partial charge in [-0.25, -0.2) is 0 Å². The molecule has 0 saturated heterocycles. The minimum Gasteiger partial charge on any atom is -0.469 e. The van der Waals surface area contributed by atoms with Crippen LogP contribution in [0.1, 0.15) is 158 Å². The number of aryl methyl sites for hydroxylation is 2. The van der Waals surface area contributed by atoms with Gasteiger partial charge in [0.15, 0.2) is 0 Å². The summed E-state index contributed by atoms with van der Waals surface area (Å²) >= 11 is 0. The maximum atomic E-state index is 11.6. The number of hydrogen-bond acceptors (Lipinski definition) is 32.